The molecule has 2 amide bonds. The Morgan fingerprint density at radius 2 is 1.97 bits per heavy atom. The largest absolute Gasteiger partial charge is 0.341 e. The lowest BCUT2D eigenvalue weighted by atomic mass is 9.99. The minimum Gasteiger partial charge on any atom is -0.341 e. The third kappa shape index (κ3) is 3.34. The second-order valence-corrected chi connectivity index (χ2v) is 8.37. The molecule has 2 bridgehead atoms. The van der Waals surface area contributed by atoms with Crippen molar-refractivity contribution in [1.29, 1.82) is 0 Å². The third-order valence-corrected chi connectivity index (χ3v) is 6.39. The Kier molecular flexibility index (Phi) is 4.73. The molecule has 2 aliphatic rings. The zero-order valence-electron chi connectivity index (χ0n) is 17.1. The summed E-state index contributed by atoms with van der Waals surface area (Å²) in [6.45, 7) is 1.75. The van der Waals surface area contributed by atoms with Gasteiger partial charge in [-0.1, -0.05) is 36.8 Å². The van der Waals surface area contributed by atoms with Gasteiger partial charge in [-0.05, 0) is 24.5 Å². The number of pyridine rings is 1. The number of aromatic nitrogens is 3. The van der Waals surface area contributed by atoms with Gasteiger partial charge in [-0.2, -0.15) is 0 Å². The van der Waals surface area contributed by atoms with E-state index in [0.29, 0.717) is 30.7 Å². The summed E-state index contributed by atoms with van der Waals surface area (Å²) in [4.78, 5) is 38.6. The van der Waals surface area contributed by atoms with Gasteiger partial charge in [0.1, 0.15) is 5.52 Å². The molecule has 1 aromatic carbocycles. The maximum absolute atomic E-state index is 13.3. The first-order valence-electron chi connectivity index (χ1n) is 10.5. The van der Waals surface area contributed by atoms with Gasteiger partial charge < -0.3 is 14.4 Å². The monoisotopic (exact) mass is 403 g/mol. The van der Waals surface area contributed by atoms with Crippen molar-refractivity contribution in [2.45, 2.75) is 31.8 Å². The lowest BCUT2D eigenvalue weighted by Crippen LogP contribution is -2.42. The molecule has 7 heteroatoms. The van der Waals surface area contributed by atoms with Gasteiger partial charge in [-0.25, -0.2) is 9.97 Å². The van der Waals surface area contributed by atoms with Crippen molar-refractivity contribution < 1.29 is 9.59 Å². The van der Waals surface area contributed by atoms with Crippen molar-refractivity contribution in [3.05, 3.63) is 60.0 Å². The van der Waals surface area contributed by atoms with E-state index in [1.165, 1.54) is 5.56 Å². The Hall–Kier alpha value is -3.22. The maximum atomic E-state index is 13.3. The van der Waals surface area contributed by atoms with Crippen LogP contribution in [0.2, 0.25) is 0 Å². The average Bonchev–Trinajstić information content (AvgIpc) is 3.04. The molecule has 0 aliphatic carbocycles. The Bertz CT molecular complexity index is 1090. The van der Waals surface area contributed by atoms with Crippen molar-refractivity contribution in [2.24, 2.45) is 5.92 Å². The van der Waals surface area contributed by atoms with Gasteiger partial charge in [0.25, 0.3) is 5.91 Å². The Morgan fingerprint density at radius 3 is 2.80 bits per heavy atom. The molecule has 0 spiro atoms. The van der Waals surface area contributed by atoms with Crippen LogP contribution in [0.15, 0.2) is 48.9 Å². The van der Waals surface area contributed by atoms with Crippen LogP contribution in [0.3, 0.4) is 0 Å². The summed E-state index contributed by atoms with van der Waals surface area (Å²) in [7, 11) is 1.87. The van der Waals surface area contributed by atoms with Crippen molar-refractivity contribution in [1.82, 2.24) is 24.3 Å². The van der Waals surface area contributed by atoms with Gasteiger partial charge in [0.05, 0.1) is 24.4 Å². The molecule has 0 N–H and O–H groups in total. The van der Waals surface area contributed by atoms with Gasteiger partial charge in [0.2, 0.25) is 5.91 Å². The van der Waals surface area contributed by atoms with Crippen LogP contribution in [-0.4, -0.2) is 62.3 Å². The highest BCUT2D eigenvalue weighted by atomic mass is 16.2. The number of benzene rings is 1. The molecule has 2 aliphatic heterocycles. The molecule has 3 aromatic rings. The number of carbonyl (C=O) groups excluding carboxylic acids is 2. The fourth-order valence-corrected chi connectivity index (χ4v) is 4.67. The number of likely N-dealkylation sites (N-methyl/N-ethyl adjacent to an activating group) is 1. The summed E-state index contributed by atoms with van der Waals surface area (Å²) in [5.74, 6) is -0.00346. The van der Waals surface area contributed by atoms with Crippen LogP contribution in [0, 0.1) is 5.92 Å². The van der Waals surface area contributed by atoms with Gasteiger partial charge in [-0.3, -0.25) is 9.59 Å². The second-order valence-electron chi connectivity index (χ2n) is 8.37. The molecule has 2 fully saturated rings. The molecule has 154 valence electrons. The fourth-order valence-electron chi connectivity index (χ4n) is 4.67. The van der Waals surface area contributed by atoms with E-state index in [1.54, 1.807) is 12.5 Å². The first kappa shape index (κ1) is 18.8. The molecule has 0 radical (unpaired) electrons. The van der Waals surface area contributed by atoms with Gasteiger partial charge >= 0.3 is 0 Å². The van der Waals surface area contributed by atoms with E-state index in [-0.39, 0.29) is 23.8 Å². The van der Waals surface area contributed by atoms with E-state index in [4.69, 9.17) is 0 Å². The molecule has 2 atom stereocenters. The Balaban J connectivity index is 1.40. The summed E-state index contributed by atoms with van der Waals surface area (Å²) in [6, 6.07) is 12.1. The van der Waals surface area contributed by atoms with Crippen LogP contribution < -0.4 is 0 Å². The number of nitrogens with zero attached hydrogens (tertiary/aromatic N) is 5. The Morgan fingerprint density at radius 1 is 1.13 bits per heavy atom. The van der Waals surface area contributed by atoms with Crippen LogP contribution in [-0.2, 0) is 11.3 Å². The van der Waals surface area contributed by atoms with Crippen molar-refractivity contribution in [3.63, 3.8) is 0 Å². The quantitative estimate of drug-likeness (QED) is 0.674. The van der Waals surface area contributed by atoms with Gasteiger partial charge in [-0.15, -0.1) is 0 Å². The molecular formula is C23H25N5O2. The normalized spacial score (nSPS) is 21.7. The molecule has 7 nitrogen and oxygen atoms in total. The highest BCUT2D eigenvalue weighted by Crippen LogP contribution is 2.28. The maximum Gasteiger partial charge on any atom is 0.255 e. The number of carbonyl (C=O) groups is 2. The summed E-state index contributed by atoms with van der Waals surface area (Å²) >= 11 is 0. The predicted octanol–water partition coefficient (Wildman–Crippen LogP) is 2.56. The number of hydrogen-bond donors (Lipinski definition) is 0. The van der Waals surface area contributed by atoms with E-state index in [0.717, 1.165) is 24.9 Å². The summed E-state index contributed by atoms with van der Waals surface area (Å²) in [6.07, 6.45) is 6.25. The first-order valence-corrected chi connectivity index (χ1v) is 10.5. The summed E-state index contributed by atoms with van der Waals surface area (Å²) < 4.78 is 1.99. The molecule has 0 saturated carbocycles. The third-order valence-electron chi connectivity index (χ3n) is 6.39. The fraction of sp³-hybridized carbons (Fsp3) is 0.391. The predicted molar refractivity (Wildman–Crippen MR) is 113 cm³/mol. The number of rotatable bonds is 3. The van der Waals surface area contributed by atoms with E-state index >= 15 is 0 Å². The first-order chi connectivity index (χ1) is 14.6. The zero-order valence-corrected chi connectivity index (χ0v) is 17.1. The molecule has 5 rings (SSSR count). The molecule has 2 aromatic heterocycles. The molecule has 30 heavy (non-hydrogen) atoms. The molecule has 4 heterocycles. The number of likely N-dealkylation sites (tertiary alicyclic amines) is 1. The highest BCUT2D eigenvalue weighted by Gasteiger charge is 2.38. The molecule has 2 saturated heterocycles. The summed E-state index contributed by atoms with van der Waals surface area (Å²) in [5.41, 5.74) is 3.17. The average molecular weight is 403 g/mol. The highest BCUT2D eigenvalue weighted by molar-refractivity contribution is 5.97. The number of hydrogen-bond acceptors (Lipinski definition) is 4. The van der Waals surface area contributed by atoms with E-state index < -0.39 is 0 Å². The molecular weight excluding hydrogens is 378 g/mol. The lowest BCUT2D eigenvalue weighted by molar-refractivity contribution is -0.134. The van der Waals surface area contributed by atoms with Crippen LogP contribution >= 0.6 is 0 Å². The van der Waals surface area contributed by atoms with Crippen molar-refractivity contribution in [2.75, 3.05) is 20.1 Å². The standard InChI is InChI=1S/C23H25N5O2/c1-26-19-9-5-8-17(22(26)29)13-27(14-19)23(30)18-10-20-21(24-11-18)28(15-25-20)12-16-6-3-2-4-7-16/h2-4,6-7,10-11,15,17,19H,5,8-9,12-14H2,1H3/t17-,19+/m1/s1. The SMILES string of the molecule is CN1C(=O)[C@@H]2CCC[C@H]1CN(C(=O)c1cnc3c(c1)ncn3Cc1ccccc1)C2. The topological polar surface area (TPSA) is 71.3 Å². The number of imidazole rings is 1. The zero-order chi connectivity index (χ0) is 20.7. The van der Waals surface area contributed by atoms with Crippen molar-refractivity contribution >= 4 is 23.0 Å². The van der Waals surface area contributed by atoms with E-state index in [9.17, 15) is 9.59 Å². The lowest BCUT2D eigenvalue weighted by Gasteiger charge is -2.29. The van der Waals surface area contributed by atoms with E-state index in [1.807, 2.05) is 45.7 Å². The molecule has 0 unspecified atom stereocenters. The van der Waals surface area contributed by atoms with Gasteiger partial charge in [0, 0.05) is 32.4 Å². The van der Waals surface area contributed by atoms with Gasteiger partial charge in [0.15, 0.2) is 5.65 Å². The smallest absolute Gasteiger partial charge is 0.255 e. The van der Waals surface area contributed by atoms with Crippen molar-refractivity contribution in [3.8, 4) is 0 Å². The number of fused-ring (bicyclic) bond motifs is 4. The Labute approximate surface area is 175 Å². The minimum atomic E-state index is -0.103. The number of amides is 2. The van der Waals surface area contributed by atoms with Crippen LogP contribution in [0.25, 0.3) is 11.2 Å². The van der Waals surface area contributed by atoms with E-state index in [2.05, 4.69) is 22.1 Å². The minimum absolute atomic E-state index is 0.0676. The summed E-state index contributed by atoms with van der Waals surface area (Å²) in [5, 5.41) is 0. The van der Waals surface area contributed by atoms with Crippen LogP contribution in [0.5, 0.6) is 0 Å². The second kappa shape index (κ2) is 7.55. The van der Waals surface area contributed by atoms with Crippen LogP contribution in [0.1, 0.15) is 35.2 Å². The van der Waals surface area contributed by atoms with Crippen LogP contribution in [0.4, 0.5) is 0 Å².